The molecule has 0 bridgehead atoms. The second kappa shape index (κ2) is 13.8. The summed E-state index contributed by atoms with van der Waals surface area (Å²) >= 11 is 1.49. The SMILES string of the molecule is CCCCCCCC(=O)SCCC[Si](C)(OCC)OCC. The first-order chi connectivity index (χ1) is 10.1. The topological polar surface area (TPSA) is 35.5 Å². The minimum atomic E-state index is -1.99. The molecule has 0 rings (SSSR count). The van der Waals surface area contributed by atoms with Gasteiger partial charge in [-0.3, -0.25) is 4.79 Å². The van der Waals surface area contributed by atoms with Crippen molar-refractivity contribution < 1.29 is 13.6 Å². The van der Waals surface area contributed by atoms with Gasteiger partial charge in [0.05, 0.1) is 0 Å². The molecule has 5 heteroatoms. The Morgan fingerprint density at radius 3 is 2.14 bits per heavy atom. The third-order valence-corrected chi connectivity index (χ3v) is 7.50. The molecule has 0 aromatic rings. The molecule has 0 fully saturated rings. The molecule has 3 nitrogen and oxygen atoms in total. The van der Waals surface area contributed by atoms with Crippen molar-refractivity contribution in [1.82, 2.24) is 0 Å². The van der Waals surface area contributed by atoms with E-state index in [0.29, 0.717) is 18.3 Å². The quantitative estimate of drug-likeness (QED) is 0.325. The predicted molar refractivity (Wildman–Crippen MR) is 95.1 cm³/mol. The highest BCUT2D eigenvalue weighted by Crippen LogP contribution is 2.19. The number of hydrogen-bond donors (Lipinski definition) is 0. The Morgan fingerprint density at radius 2 is 1.57 bits per heavy atom. The van der Waals surface area contributed by atoms with Gasteiger partial charge >= 0.3 is 8.56 Å². The highest BCUT2D eigenvalue weighted by Gasteiger charge is 2.29. The van der Waals surface area contributed by atoms with Crippen LogP contribution in [-0.4, -0.2) is 32.6 Å². The lowest BCUT2D eigenvalue weighted by atomic mass is 10.1. The second-order valence-corrected chi connectivity index (χ2v) is 9.99. The Morgan fingerprint density at radius 1 is 0.952 bits per heavy atom. The normalized spacial score (nSPS) is 11.8. The Balaban J connectivity index is 3.65. The van der Waals surface area contributed by atoms with Gasteiger partial charge in [0.15, 0.2) is 5.12 Å². The summed E-state index contributed by atoms with van der Waals surface area (Å²) < 4.78 is 11.6. The van der Waals surface area contributed by atoms with E-state index in [4.69, 9.17) is 8.85 Å². The third kappa shape index (κ3) is 12.4. The summed E-state index contributed by atoms with van der Waals surface area (Å²) in [6.45, 7) is 9.80. The molecule has 0 spiro atoms. The van der Waals surface area contributed by atoms with Crippen molar-refractivity contribution >= 4 is 25.4 Å². The molecule has 0 amide bonds. The van der Waals surface area contributed by atoms with Gasteiger partial charge in [0.25, 0.3) is 0 Å². The molecule has 0 aromatic heterocycles. The molecule has 0 aromatic carbocycles. The third-order valence-electron chi connectivity index (χ3n) is 3.42. The molecule has 0 unspecified atom stereocenters. The lowest BCUT2D eigenvalue weighted by Crippen LogP contribution is -2.38. The summed E-state index contributed by atoms with van der Waals surface area (Å²) in [5.74, 6) is 0.899. The van der Waals surface area contributed by atoms with Gasteiger partial charge in [-0.25, -0.2) is 0 Å². The van der Waals surface area contributed by atoms with Crippen molar-refractivity contribution in [3.63, 3.8) is 0 Å². The molecular formula is C16H34O3SSi. The van der Waals surface area contributed by atoms with E-state index < -0.39 is 8.56 Å². The molecule has 0 N–H and O–H groups in total. The maximum atomic E-state index is 11.8. The number of thioether (sulfide) groups is 1. The van der Waals surface area contributed by atoms with Gasteiger partial charge in [0.2, 0.25) is 0 Å². The molecule has 126 valence electrons. The van der Waals surface area contributed by atoms with Crippen LogP contribution in [0.4, 0.5) is 0 Å². The van der Waals surface area contributed by atoms with Gasteiger partial charge in [-0.15, -0.1) is 0 Å². The van der Waals surface area contributed by atoms with Crippen LogP contribution in [0.5, 0.6) is 0 Å². The summed E-state index contributed by atoms with van der Waals surface area (Å²) in [5, 5.41) is 0.350. The van der Waals surface area contributed by atoms with E-state index in [2.05, 4.69) is 13.5 Å². The fourth-order valence-electron chi connectivity index (χ4n) is 2.32. The largest absolute Gasteiger partial charge is 0.395 e. The van der Waals surface area contributed by atoms with E-state index in [1.54, 1.807) is 0 Å². The van der Waals surface area contributed by atoms with E-state index in [1.807, 2.05) is 13.8 Å². The van der Waals surface area contributed by atoms with Crippen molar-refractivity contribution in [3.05, 3.63) is 0 Å². The number of carbonyl (C=O) groups is 1. The fourth-order valence-corrected chi connectivity index (χ4v) is 5.79. The summed E-state index contributed by atoms with van der Waals surface area (Å²) in [6, 6.07) is 0.978. The fraction of sp³-hybridized carbons (Fsp3) is 0.938. The molecular weight excluding hydrogens is 300 g/mol. The maximum absolute atomic E-state index is 11.8. The molecule has 0 heterocycles. The summed E-state index contributed by atoms with van der Waals surface area (Å²) in [4.78, 5) is 11.8. The van der Waals surface area contributed by atoms with Gasteiger partial charge in [0.1, 0.15) is 0 Å². The van der Waals surface area contributed by atoms with Crippen molar-refractivity contribution in [3.8, 4) is 0 Å². The zero-order valence-corrected chi connectivity index (χ0v) is 16.2. The van der Waals surface area contributed by atoms with E-state index in [0.717, 1.165) is 31.1 Å². The summed E-state index contributed by atoms with van der Waals surface area (Å²) in [6.07, 6.45) is 7.80. The van der Waals surface area contributed by atoms with Crippen LogP contribution >= 0.6 is 11.8 Å². The first-order valence-electron chi connectivity index (χ1n) is 8.51. The van der Waals surface area contributed by atoms with Crippen molar-refractivity contribution in [2.75, 3.05) is 19.0 Å². The van der Waals surface area contributed by atoms with E-state index in [9.17, 15) is 4.79 Å². The van der Waals surface area contributed by atoms with Gasteiger partial charge < -0.3 is 8.85 Å². The first-order valence-corrected chi connectivity index (χ1v) is 12.0. The average Bonchev–Trinajstić information content (AvgIpc) is 2.44. The van der Waals surface area contributed by atoms with Crippen molar-refractivity contribution in [2.45, 2.75) is 78.3 Å². The number of rotatable bonds is 14. The molecule has 0 saturated carbocycles. The minimum absolute atomic E-state index is 0.350. The molecule has 0 atom stereocenters. The van der Waals surface area contributed by atoms with Crippen molar-refractivity contribution in [1.29, 1.82) is 0 Å². The van der Waals surface area contributed by atoms with E-state index in [-0.39, 0.29) is 0 Å². The summed E-state index contributed by atoms with van der Waals surface area (Å²) in [7, 11) is -1.99. The number of hydrogen-bond acceptors (Lipinski definition) is 4. The smallest absolute Gasteiger partial charge is 0.334 e. The zero-order valence-electron chi connectivity index (χ0n) is 14.4. The van der Waals surface area contributed by atoms with E-state index in [1.165, 1.54) is 37.4 Å². The lowest BCUT2D eigenvalue weighted by Gasteiger charge is -2.25. The van der Waals surface area contributed by atoms with Crippen LogP contribution in [0, 0.1) is 0 Å². The van der Waals surface area contributed by atoms with Crippen LogP contribution in [-0.2, 0) is 13.6 Å². The maximum Gasteiger partial charge on any atom is 0.334 e. The van der Waals surface area contributed by atoms with Gasteiger partial charge in [-0.2, -0.15) is 0 Å². The molecule has 0 aliphatic carbocycles. The van der Waals surface area contributed by atoms with Crippen LogP contribution in [0.2, 0.25) is 12.6 Å². The van der Waals surface area contributed by atoms with Crippen LogP contribution in [0.3, 0.4) is 0 Å². The summed E-state index contributed by atoms with van der Waals surface area (Å²) in [5.41, 5.74) is 0. The standard InChI is InChI=1S/C16H34O3SSi/c1-5-8-9-10-11-13-16(17)20-14-12-15-21(4,18-6-2)19-7-3/h5-15H2,1-4H3. The minimum Gasteiger partial charge on any atom is -0.395 e. The van der Waals surface area contributed by atoms with E-state index >= 15 is 0 Å². The Bertz CT molecular complexity index is 256. The van der Waals surface area contributed by atoms with Crippen LogP contribution in [0.1, 0.15) is 65.7 Å². The Labute approximate surface area is 136 Å². The van der Waals surface area contributed by atoms with Crippen molar-refractivity contribution in [2.24, 2.45) is 0 Å². The lowest BCUT2D eigenvalue weighted by molar-refractivity contribution is -0.111. The monoisotopic (exact) mass is 334 g/mol. The first kappa shape index (κ1) is 21.2. The van der Waals surface area contributed by atoms with Crippen LogP contribution in [0.15, 0.2) is 0 Å². The van der Waals surface area contributed by atoms with Gasteiger partial charge in [-0.1, -0.05) is 44.4 Å². The average molecular weight is 335 g/mol. The molecule has 0 saturated heterocycles. The molecule has 0 aliphatic heterocycles. The Hall–Kier alpha value is 0.157. The zero-order chi connectivity index (χ0) is 16.0. The number of carbonyl (C=O) groups excluding carboxylic acids is 1. The highest BCUT2D eigenvalue weighted by molar-refractivity contribution is 8.13. The molecule has 0 radical (unpaired) electrons. The molecule has 21 heavy (non-hydrogen) atoms. The van der Waals surface area contributed by atoms with Crippen LogP contribution in [0.25, 0.3) is 0 Å². The Kier molecular flexibility index (Phi) is 13.9. The van der Waals surface area contributed by atoms with Gasteiger partial charge in [-0.05, 0) is 39.3 Å². The molecule has 0 aliphatic rings. The van der Waals surface area contributed by atoms with Gasteiger partial charge in [0, 0.05) is 25.4 Å². The second-order valence-electron chi connectivity index (χ2n) is 5.49. The highest BCUT2D eigenvalue weighted by atomic mass is 32.2. The predicted octanol–water partition coefficient (Wildman–Crippen LogP) is 5.14. The van der Waals surface area contributed by atoms with Crippen LogP contribution < -0.4 is 0 Å². The number of unbranched alkanes of at least 4 members (excludes halogenated alkanes) is 4.